The first-order valence-corrected chi connectivity index (χ1v) is 25.9. The molecule has 356 valence electrons. The summed E-state index contributed by atoms with van der Waals surface area (Å²) in [6, 6.07) is 86.0. The number of unbranched alkanes of at least 4 members (excludes halogenated alkanes) is 1. The van der Waals surface area contributed by atoms with Crippen LogP contribution in [-0.4, -0.2) is 23.2 Å². The third kappa shape index (κ3) is 8.14. The summed E-state index contributed by atoms with van der Waals surface area (Å²) in [5, 5.41) is 5.15. The summed E-state index contributed by atoms with van der Waals surface area (Å²) >= 11 is 0. The van der Waals surface area contributed by atoms with E-state index >= 15 is 0 Å². The number of hydrogen-bond acceptors (Lipinski definition) is 2. The Balaban J connectivity index is 0.000000156. The van der Waals surface area contributed by atoms with Gasteiger partial charge in [0, 0.05) is 75.2 Å². The maximum atomic E-state index is 2.42. The van der Waals surface area contributed by atoms with Crippen molar-refractivity contribution in [3.63, 3.8) is 0 Å². The third-order valence-electron chi connectivity index (χ3n) is 15.4. The second-order valence-corrected chi connectivity index (χ2v) is 20.2. The summed E-state index contributed by atoms with van der Waals surface area (Å²) in [7, 11) is 4.28. The molecule has 0 aliphatic heterocycles. The lowest BCUT2D eigenvalue weighted by atomic mass is 9.81. The molecule has 0 saturated heterocycles. The van der Waals surface area contributed by atoms with Crippen LogP contribution >= 0.6 is 0 Å². The fourth-order valence-electron chi connectivity index (χ4n) is 11.4. The average Bonchev–Trinajstić information content (AvgIpc) is 4.04. The first-order valence-electron chi connectivity index (χ1n) is 25.9. The molecule has 12 aromatic rings. The zero-order valence-electron chi connectivity index (χ0n) is 42.4. The Morgan fingerprint density at radius 1 is 0.370 bits per heavy atom. The summed E-state index contributed by atoms with van der Waals surface area (Å²) in [5.41, 5.74) is 21.5. The van der Waals surface area contributed by atoms with Crippen molar-refractivity contribution in [3.05, 3.63) is 253 Å². The third-order valence-corrected chi connectivity index (χ3v) is 15.4. The molecule has 0 N–H and O–H groups in total. The molecule has 0 radical (unpaired) electrons. The molecule has 0 unspecified atom stereocenters. The Morgan fingerprint density at radius 3 is 1.34 bits per heavy atom. The van der Waals surface area contributed by atoms with E-state index in [1.807, 2.05) is 0 Å². The largest absolute Gasteiger partial charge is 0.345 e. The van der Waals surface area contributed by atoms with E-state index < -0.39 is 0 Å². The fraction of sp³-hybridized carbons (Fsp3) is 0.130. The molecule has 1 aliphatic carbocycles. The van der Waals surface area contributed by atoms with Crippen molar-refractivity contribution in [1.29, 1.82) is 0 Å². The number of fused-ring (bicyclic) bond motifs is 9. The number of aromatic nitrogens is 2. The van der Waals surface area contributed by atoms with Crippen molar-refractivity contribution < 1.29 is 0 Å². The molecular formula is C69H60N4. The molecule has 0 bridgehead atoms. The molecule has 0 spiro atoms. The quantitative estimate of drug-likeness (QED) is 0.136. The molecular weight excluding hydrogens is 885 g/mol. The fourth-order valence-corrected chi connectivity index (χ4v) is 11.4. The number of anilines is 4. The summed E-state index contributed by atoms with van der Waals surface area (Å²) < 4.78 is 4.78. The van der Waals surface area contributed by atoms with E-state index in [-0.39, 0.29) is 5.41 Å². The van der Waals surface area contributed by atoms with Crippen molar-refractivity contribution in [2.45, 2.75) is 45.4 Å². The number of aryl methyl sites for hydroxylation is 1. The van der Waals surface area contributed by atoms with Gasteiger partial charge >= 0.3 is 0 Å². The van der Waals surface area contributed by atoms with Gasteiger partial charge in [-0.1, -0.05) is 149 Å². The topological polar surface area (TPSA) is 16.3 Å². The van der Waals surface area contributed by atoms with E-state index in [1.165, 1.54) is 130 Å². The van der Waals surface area contributed by atoms with Crippen molar-refractivity contribution in [2.24, 2.45) is 0 Å². The van der Waals surface area contributed by atoms with Crippen molar-refractivity contribution >= 4 is 66.4 Å². The number of para-hydroxylation sites is 4. The Kier molecular flexibility index (Phi) is 11.8. The molecule has 4 nitrogen and oxygen atoms in total. The smallest absolute Gasteiger partial charge is 0.0542 e. The Hall–Kier alpha value is -8.60. The van der Waals surface area contributed by atoms with Crippen LogP contribution < -0.4 is 9.80 Å². The molecule has 10 aromatic carbocycles. The summed E-state index contributed by atoms with van der Waals surface area (Å²) in [5.74, 6) is 0. The second-order valence-electron chi connectivity index (χ2n) is 20.2. The van der Waals surface area contributed by atoms with E-state index in [1.54, 1.807) is 0 Å². The summed E-state index contributed by atoms with van der Waals surface area (Å²) in [6.45, 7) is 6.96. The summed E-state index contributed by atoms with van der Waals surface area (Å²) in [4.78, 5) is 4.52. The van der Waals surface area contributed by atoms with Crippen LogP contribution in [0.5, 0.6) is 0 Å². The number of benzene rings is 10. The molecule has 4 heteroatoms. The predicted octanol–water partition coefficient (Wildman–Crippen LogP) is 18.4. The Bertz CT molecular complexity index is 3940. The van der Waals surface area contributed by atoms with Crippen LogP contribution in [0.15, 0.2) is 237 Å². The van der Waals surface area contributed by atoms with Gasteiger partial charge in [0.05, 0.1) is 22.1 Å². The zero-order valence-corrected chi connectivity index (χ0v) is 42.4. The molecule has 73 heavy (non-hydrogen) atoms. The number of hydrogen-bond donors (Lipinski definition) is 0. The minimum Gasteiger partial charge on any atom is -0.345 e. The highest BCUT2D eigenvalue weighted by atomic mass is 15.1. The second kappa shape index (κ2) is 18.9. The van der Waals surface area contributed by atoms with Crippen LogP contribution in [0.3, 0.4) is 0 Å². The average molecular weight is 945 g/mol. The van der Waals surface area contributed by atoms with Crippen LogP contribution in [0, 0.1) is 0 Å². The molecule has 0 saturated carbocycles. The molecule has 2 heterocycles. The van der Waals surface area contributed by atoms with Crippen LogP contribution in [0.4, 0.5) is 22.7 Å². The van der Waals surface area contributed by atoms with Gasteiger partial charge in [-0.05, 0) is 167 Å². The predicted molar refractivity (Wildman–Crippen MR) is 312 cm³/mol. The molecule has 1 aliphatic rings. The van der Waals surface area contributed by atoms with Crippen LogP contribution in [0.25, 0.3) is 77.2 Å². The standard InChI is InChI=1S/C40H32N2.C29H28N2/c1-40(2)36-17-11-10-16-32(36)33-21-18-28(25-37(33)40)27-19-22-38-34(24-27)35-26-31(41(3)29-12-6-4-7-13-29)20-23-39(35)42(38)30-14-8-5-9-15-30;1-3-4-11-22-16-18-28-26(20-22)27-21-25(30(2)23-12-7-5-8-13-23)17-19-29(27)31(28)24-14-9-6-10-15-24/h4-26H,1-3H3;5-10,12-21H,3-4,11H2,1-2H3. The first kappa shape index (κ1) is 45.5. The van der Waals surface area contributed by atoms with Gasteiger partial charge in [0.25, 0.3) is 0 Å². The van der Waals surface area contributed by atoms with Gasteiger partial charge in [0.15, 0.2) is 0 Å². The van der Waals surface area contributed by atoms with Gasteiger partial charge in [0.2, 0.25) is 0 Å². The van der Waals surface area contributed by atoms with Gasteiger partial charge < -0.3 is 18.9 Å². The van der Waals surface area contributed by atoms with Gasteiger partial charge in [-0.2, -0.15) is 0 Å². The van der Waals surface area contributed by atoms with Crippen LogP contribution in [-0.2, 0) is 11.8 Å². The normalized spacial score (nSPS) is 12.5. The monoisotopic (exact) mass is 944 g/mol. The van der Waals surface area contributed by atoms with Gasteiger partial charge in [0.1, 0.15) is 0 Å². The van der Waals surface area contributed by atoms with Crippen molar-refractivity contribution in [2.75, 3.05) is 23.9 Å². The highest BCUT2D eigenvalue weighted by Crippen LogP contribution is 2.50. The summed E-state index contributed by atoms with van der Waals surface area (Å²) in [6.07, 6.45) is 3.58. The molecule has 0 atom stereocenters. The lowest BCUT2D eigenvalue weighted by Gasteiger charge is -2.22. The maximum absolute atomic E-state index is 2.42. The highest BCUT2D eigenvalue weighted by Gasteiger charge is 2.35. The Labute approximate surface area is 429 Å². The van der Waals surface area contributed by atoms with E-state index in [4.69, 9.17) is 0 Å². The minimum atomic E-state index is -0.0215. The zero-order chi connectivity index (χ0) is 49.6. The maximum Gasteiger partial charge on any atom is 0.0542 e. The molecule has 0 amide bonds. The SMILES string of the molecule is CCCCc1ccc2c(c1)c1cc(N(C)c3ccccc3)ccc1n2-c1ccccc1.CN(c1ccccc1)c1ccc2c(c1)c1cc(-c3ccc4c(c3)C(C)(C)c3ccccc3-4)ccc1n2-c1ccccc1. The highest BCUT2D eigenvalue weighted by molar-refractivity contribution is 6.12. The van der Waals surface area contributed by atoms with Gasteiger partial charge in [-0.15, -0.1) is 0 Å². The van der Waals surface area contributed by atoms with Gasteiger partial charge in [-0.3, -0.25) is 0 Å². The molecule has 0 fully saturated rings. The van der Waals surface area contributed by atoms with E-state index in [0.29, 0.717) is 0 Å². The molecule has 13 rings (SSSR count). The van der Waals surface area contributed by atoms with Crippen molar-refractivity contribution in [3.8, 4) is 33.6 Å². The minimum absolute atomic E-state index is 0.0215. The van der Waals surface area contributed by atoms with E-state index in [9.17, 15) is 0 Å². The van der Waals surface area contributed by atoms with Crippen molar-refractivity contribution in [1.82, 2.24) is 9.13 Å². The number of nitrogens with zero attached hydrogens (tertiary/aromatic N) is 4. The van der Waals surface area contributed by atoms with E-state index in [2.05, 4.69) is 290 Å². The van der Waals surface area contributed by atoms with E-state index in [0.717, 1.165) is 6.42 Å². The lowest BCUT2D eigenvalue weighted by Crippen LogP contribution is -2.14. The number of rotatable bonds is 10. The van der Waals surface area contributed by atoms with Gasteiger partial charge in [-0.25, -0.2) is 0 Å². The van der Waals surface area contributed by atoms with Crippen LogP contribution in [0.1, 0.15) is 50.3 Å². The first-order chi connectivity index (χ1) is 35.8. The Morgan fingerprint density at radius 2 is 0.795 bits per heavy atom. The lowest BCUT2D eigenvalue weighted by molar-refractivity contribution is 0.660. The van der Waals surface area contributed by atoms with Crippen LogP contribution in [0.2, 0.25) is 0 Å². The molecule has 2 aromatic heterocycles.